The van der Waals surface area contributed by atoms with Crippen LogP contribution in [0, 0.1) is 0 Å². The maximum absolute atomic E-state index is 11.7. The van der Waals surface area contributed by atoms with E-state index >= 15 is 0 Å². The number of carbonyl (C=O) groups is 2. The molecular formula is C10H12BrNO4S. The highest BCUT2D eigenvalue weighted by Crippen LogP contribution is 2.22. The van der Waals surface area contributed by atoms with Gasteiger partial charge in [-0.3, -0.25) is 9.59 Å². The molecule has 0 spiro atoms. The molecule has 0 bridgehead atoms. The van der Waals surface area contributed by atoms with E-state index in [1.54, 1.807) is 11.4 Å². The van der Waals surface area contributed by atoms with Crippen molar-refractivity contribution in [2.24, 2.45) is 0 Å². The summed E-state index contributed by atoms with van der Waals surface area (Å²) in [5.41, 5.74) is 0. The highest BCUT2D eigenvalue weighted by Gasteiger charge is 2.16. The number of hydrogen-bond acceptors (Lipinski definition) is 4. The quantitative estimate of drug-likeness (QED) is 0.836. The van der Waals surface area contributed by atoms with Crippen LogP contribution in [-0.4, -0.2) is 36.7 Å². The van der Waals surface area contributed by atoms with Crippen LogP contribution < -0.4 is 5.32 Å². The van der Waals surface area contributed by atoms with Gasteiger partial charge < -0.3 is 15.2 Å². The summed E-state index contributed by atoms with van der Waals surface area (Å²) in [6.45, 7) is 0.173. The van der Waals surface area contributed by atoms with Crippen LogP contribution in [0.3, 0.4) is 0 Å². The molecule has 0 aromatic carbocycles. The van der Waals surface area contributed by atoms with Crippen molar-refractivity contribution in [2.45, 2.75) is 12.5 Å². The molecule has 0 aliphatic rings. The Balaban J connectivity index is 2.47. The molecule has 1 aromatic rings. The van der Waals surface area contributed by atoms with Crippen molar-refractivity contribution in [2.75, 3.05) is 13.7 Å². The van der Waals surface area contributed by atoms with Gasteiger partial charge in [0.15, 0.2) is 0 Å². The fourth-order valence-corrected chi connectivity index (χ4v) is 2.64. The number of aliphatic carboxylic acids is 1. The summed E-state index contributed by atoms with van der Waals surface area (Å²) in [6.07, 6.45) is -0.655. The predicted octanol–water partition coefficient (Wildman–Crippen LogP) is 1.73. The predicted molar refractivity (Wildman–Crippen MR) is 67.4 cm³/mol. The Morgan fingerprint density at radius 2 is 2.35 bits per heavy atom. The number of carboxylic acid groups (broad SMARTS) is 1. The van der Waals surface area contributed by atoms with Crippen LogP contribution in [0.15, 0.2) is 15.9 Å². The molecule has 1 rings (SSSR count). The number of ether oxygens (including phenoxy) is 1. The fourth-order valence-electron chi connectivity index (χ4n) is 1.18. The Kier molecular flexibility index (Phi) is 5.60. The molecule has 1 amide bonds. The van der Waals surface area contributed by atoms with Crippen LogP contribution in [-0.2, 0) is 9.53 Å². The van der Waals surface area contributed by atoms with Gasteiger partial charge >= 0.3 is 5.97 Å². The Morgan fingerprint density at radius 3 is 2.82 bits per heavy atom. The number of methoxy groups -OCH3 is 1. The van der Waals surface area contributed by atoms with Crippen molar-refractivity contribution in [1.82, 2.24) is 5.32 Å². The Bertz CT molecular complexity index is 407. The number of rotatable bonds is 6. The van der Waals surface area contributed by atoms with Gasteiger partial charge in [0.25, 0.3) is 5.91 Å². The van der Waals surface area contributed by atoms with Gasteiger partial charge in [-0.1, -0.05) is 0 Å². The summed E-state index contributed by atoms with van der Waals surface area (Å²) in [6, 6.07) is 1.78. The number of amides is 1. The van der Waals surface area contributed by atoms with Gasteiger partial charge in [-0.25, -0.2) is 0 Å². The molecule has 0 aliphatic carbocycles. The van der Waals surface area contributed by atoms with E-state index in [9.17, 15) is 9.59 Å². The Morgan fingerprint density at radius 1 is 1.65 bits per heavy atom. The minimum absolute atomic E-state index is 0.137. The molecule has 1 heterocycles. The summed E-state index contributed by atoms with van der Waals surface area (Å²) in [5, 5.41) is 13.0. The molecule has 5 nitrogen and oxygen atoms in total. The van der Waals surface area contributed by atoms with E-state index in [0.717, 1.165) is 4.47 Å². The average Bonchev–Trinajstić information content (AvgIpc) is 2.69. The first kappa shape index (κ1) is 14.1. The van der Waals surface area contributed by atoms with Crippen LogP contribution in [0.25, 0.3) is 0 Å². The maximum Gasteiger partial charge on any atom is 0.306 e. The third kappa shape index (κ3) is 4.45. The van der Waals surface area contributed by atoms with Crippen molar-refractivity contribution in [3.8, 4) is 0 Å². The molecule has 0 aliphatic heterocycles. The maximum atomic E-state index is 11.7. The lowest BCUT2D eigenvalue weighted by Gasteiger charge is -2.13. The number of carbonyl (C=O) groups excluding carboxylic acids is 1. The third-order valence-corrected chi connectivity index (χ3v) is 3.89. The number of halogens is 1. The van der Waals surface area contributed by atoms with Crippen LogP contribution in [0.5, 0.6) is 0 Å². The first-order valence-corrected chi connectivity index (χ1v) is 6.47. The summed E-state index contributed by atoms with van der Waals surface area (Å²) in [5.74, 6) is -1.19. The lowest BCUT2D eigenvalue weighted by molar-refractivity contribution is -0.139. The summed E-state index contributed by atoms with van der Waals surface area (Å²) in [7, 11) is 1.42. The van der Waals surface area contributed by atoms with E-state index in [2.05, 4.69) is 21.2 Å². The number of hydrogen-bond donors (Lipinski definition) is 2. The molecule has 1 atom stereocenters. The zero-order valence-electron chi connectivity index (χ0n) is 9.10. The minimum atomic E-state index is -0.955. The van der Waals surface area contributed by atoms with E-state index in [-0.39, 0.29) is 18.9 Å². The number of thiophene rings is 1. The molecule has 0 saturated heterocycles. The van der Waals surface area contributed by atoms with Gasteiger partial charge in [0.1, 0.15) is 4.88 Å². The second-order valence-electron chi connectivity index (χ2n) is 3.26. The highest BCUT2D eigenvalue weighted by molar-refractivity contribution is 9.10. The standard InChI is InChI=1S/C10H12BrNO4S/c1-16-6(4-8(13)14)5-12-10(15)9-7(11)2-3-17-9/h2-3,6H,4-5H2,1H3,(H,12,15)(H,13,14). The zero-order chi connectivity index (χ0) is 12.8. The van der Waals surface area contributed by atoms with Crippen LogP contribution in [0.1, 0.15) is 16.1 Å². The van der Waals surface area contributed by atoms with Crippen molar-refractivity contribution < 1.29 is 19.4 Å². The molecule has 94 valence electrons. The van der Waals surface area contributed by atoms with Crippen molar-refractivity contribution in [3.05, 3.63) is 20.8 Å². The van der Waals surface area contributed by atoms with Gasteiger partial charge in [-0.05, 0) is 27.4 Å². The molecule has 2 N–H and O–H groups in total. The van der Waals surface area contributed by atoms with Crippen LogP contribution in [0.4, 0.5) is 0 Å². The normalized spacial score (nSPS) is 12.1. The molecular weight excluding hydrogens is 310 g/mol. The smallest absolute Gasteiger partial charge is 0.306 e. The summed E-state index contributed by atoms with van der Waals surface area (Å²) < 4.78 is 5.68. The average molecular weight is 322 g/mol. The van der Waals surface area contributed by atoms with E-state index in [4.69, 9.17) is 9.84 Å². The topological polar surface area (TPSA) is 75.6 Å². The molecule has 1 aromatic heterocycles. The molecule has 0 saturated carbocycles. The largest absolute Gasteiger partial charge is 0.481 e. The SMILES string of the molecule is COC(CNC(=O)c1sccc1Br)CC(=O)O. The first-order chi connectivity index (χ1) is 8.04. The van der Waals surface area contributed by atoms with Crippen molar-refractivity contribution in [3.63, 3.8) is 0 Å². The van der Waals surface area contributed by atoms with Gasteiger partial charge in [0.2, 0.25) is 0 Å². The van der Waals surface area contributed by atoms with E-state index in [0.29, 0.717) is 4.88 Å². The molecule has 17 heavy (non-hydrogen) atoms. The van der Waals surface area contributed by atoms with Gasteiger partial charge in [0.05, 0.1) is 12.5 Å². The second-order valence-corrected chi connectivity index (χ2v) is 5.03. The molecule has 0 fully saturated rings. The second kappa shape index (κ2) is 6.73. The third-order valence-electron chi connectivity index (χ3n) is 2.05. The fraction of sp³-hybridized carbons (Fsp3) is 0.400. The minimum Gasteiger partial charge on any atom is -0.481 e. The van der Waals surface area contributed by atoms with Crippen molar-refractivity contribution >= 4 is 39.1 Å². The van der Waals surface area contributed by atoms with E-state index in [1.807, 2.05) is 0 Å². The monoisotopic (exact) mass is 321 g/mol. The Labute approximate surface area is 111 Å². The molecule has 0 radical (unpaired) electrons. The van der Waals surface area contributed by atoms with Gasteiger partial charge in [0, 0.05) is 18.1 Å². The summed E-state index contributed by atoms with van der Waals surface area (Å²) >= 11 is 4.57. The number of nitrogens with one attached hydrogen (secondary N) is 1. The van der Waals surface area contributed by atoms with Crippen LogP contribution in [0.2, 0.25) is 0 Å². The first-order valence-electron chi connectivity index (χ1n) is 4.80. The van der Waals surface area contributed by atoms with Crippen LogP contribution >= 0.6 is 27.3 Å². The van der Waals surface area contributed by atoms with Gasteiger partial charge in [-0.2, -0.15) is 0 Å². The number of carboxylic acids is 1. The van der Waals surface area contributed by atoms with E-state index < -0.39 is 12.1 Å². The molecule has 1 unspecified atom stereocenters. The van der Waals surface area contributed by atoms with E-state index in [1.165, 1.54) is 18.4 Å². The highest BCUT2D eigenvalue weighted by atomic mass is 79.9. The lowest BCUT2D eigenvalue weighted by Crippen LogP contribution is -2.34. The Hall–Kier alpha value is -0.920. The van der Waals surface area contributed by atoms with Crippen molar-refractivity contribution in [1.29, 1.82) is 0 Å². The van der Waals surface area contributed by atoms with Gasteiger partial charge in [-0.15, -0.1) is 11.3 Å². The molecule has 7 heteroatoms. The lowest BCUT2D eigenvalue weighted by atomic mass is 10.2. The zero-order valence-corrected chi connectivity index (χ0v) is 11.5. The summed E-state index contributed by atoms with van der Waals surface area (Å²) in [4.78, 5) is 22.8.